The number of rotatable bonds is 4. The fourth-order valence-electron chi connectivity index (χ4n) is 1.33. The summed E-state index contributed by atoms with van der Waals surface area (Å²) in [5.74, 6) is 0.246. The van der Waals surface area contributed by atoms with E-state index in [1.54, 1.807) is 0 Å². The fourth-order valence-corrected chi connectivity index (χ4v) is 1.33. The lowest BCUT2D eigenvalue weighted by Gasteiger charge is -2.07. The molecule has 1 fully saturated rings. The van der Waals surface area contributed by atoms with Crippen LogP contribution in [0.2, 0.25) is 0 Å². The molecule has 2 nitrogen and oxygen atoms in total. The van der Waals surface area contributed by atoms with Crippen molar-refractivity contribution < 1.29 is 9.53 Å². The van der Waals surface area contributed by atoms with Crippen LogP contribution in [0.1, 0.15) is 32.6 Å². The highest BCUT2D eigenvalue weighted by Crippen LogP contribution is 2.15. The topological polar surface area (TPSA) is 26.3 Å². The van der Waals surface area contributed by atoms with Gasteiger partial charge in [0.05, 0.1) is 0 Å². The van der Waals surface area contributed by atoms with Gasteiger partial charge in [0, 0.05) is 13.0 Å². The molecule has 1 heterocycles. The first-order chi connectivity index (χ1) is 5.70. The number of carbonyl (C=O) groups excluding carboxylic acids is 1. The SMILES string of the molecule is C=C(C)CCC(=O)C1CCCO1. The molecule has 0 spiro atoms. The summed E-state index contributed by atoms with van der Waals surface area (Å²) in [6.45, 7) is 6.46. The van der Waals surface area contributed by atoms with E-state index in [-0.39, 0.29) is 11.9 Å². The van der Waals surface area contributed by atoms with Gasteiger partial charge in [-0.3, -0.25) is 4.79 Å². The van der Waals surface area contributed by atoms with Crippen molar-refractivity contribution in [2.75, 3.05) is 6.61 Å². The molecule has 68 valence electrons. The zero-order chi connectivity index (χ0) is 8.97. The van der Waals surface area contributed by atoms with E-state index in [0.717, 1.165) is 31.4 Å². The summed E-state index contributed by atoms with van der Waals surface area (Å²) in [6, 6.07) is 0. The molecule has 0 amide bonds. The Morgan fingerprint density at radius 2 is 2.33 bits per heavy atom. The Morgan fingerprint density at radius 1 is 1.58 bits per heavy atom. The number of hydrogen-bond donors (Lipinski definition) is 0. The Labute approximate surface area is 73.6 Å². The van der Waals surface area contributed by atoms with E-state index in [2.05, 4.69) is 6.58 Å². The van der Waals surface area contributed by atoms with Crippen molar-refractivity contribution in [2.24, 2.45) is 0 Å². The molecule has 0 aromatic rings. The Morgan fingerprint density at radius 3 is 2.83 bits per heavy atom. The van der Waals surface area contributed by atoms with Gasteiger partial charge in [-0.25, -0.2) is 0 Å². The van der Waals surface area contributed by atoms with Crippen LogP contribution in [0.15, 0.2) is 12.2 Å². The second kappa shape index (κ2) is 4.41. The van der Waals surface area contributed by atoms with E-state index in [1.807, 2.05) is 6.92 Å². The highest BCUT2D eigenvalue weighted by molar-refractivity contribution is 5.83. The van der Waals surface area contributed by atoms with Gasteiger partial charge in [-0.15, -0.1) is 6.58 Å². The first-order valence-corrected chi connectivity index (χ1v) is 4.49. The molecule has 0 aromatic heterocycles. The molecular weight excluding hydrogens is 152 g/mol. The summed E-state index contributed by atoms with van der Waals surface area (Å²) in [5, 5.41) is 0. The van der Waals surface area contributed by atoms with E-state index < -0.39 is 0 Å². The minimum Gasteiger partial charge on any atom is -0.370 e. The summed E-state index contributed by atoms with van der Waals surface area (Å²) in [4.78, 5) is 11.4. The summed E-state index contributed by atoms with van der Waals surface area (Å²) >= 11 is 0. The van der Waals surface area contributed by atoms with Gasteiger partial charge in [0.15, 0.2) is 5.78 Å². The Hall–Kier alpha value is -0.630. The van der Waals surface area contributed by atoms with Gasteiger partial charge >= 0.3 is 0 Å². The maximum absolute atomic E-state index is 11.4. The van der Waals surface area contributed by atoms with E-state index in [0.29, 0.717) is 6.42 Å². The Balaban J connectivity index is 2.23. The molecule has 0 aliphatic carbocycles. The van der Waals surface area contributed by atoms with Crippen LogP contribution in [0, 0.1) is 0 Å². The Bertz CT molecular complexity index is 178. The van der Waals surface area contributed by atoms with Crippen LogP contribution >= 0.6 is 0 Å². The van der Waals surface area contributed by atoms with Gasteiger partial charge in [-0.1, -0.05) is 5.57 Å². The number of ketones is 1. The second-order valence-corrected chi connectivity index (χ2v) is 3.43. The highest BCUT2D eigenvalue weighted by atomic mass is 16.5. The van der Waals surface area contributed by atoms with Crippen LogP contribution in [-0.4, -0.2) is 18.5 Å². The van der Waals surface area contributed by atoms with Crippen LogP contribution in [0.25, 0.3) is 0 Å². The van der Waals surface area contributed by atoms with Gasteiger partial charge in [0.2, 0.25) is 0 Å². The number of ether oxygens (including phenoxy) is 1. The standard InChI is InChI=1S/C10H16O2/c1-8(2)5-6-9(11)10-4-3-7-12-10/h10H,1,3-7H2,2H3. The normalized spacial score (nSPS) is 22.6. The minimum atomic E-state index is -0.107. The monoisotopic (exact) mass is 168 g/mol. The van der Waals surface area contributed by atoms with Gasteiger partial charge in [0.25, 0.3) is 0 Å². The predicted octanol–water partition coefficient (Wildman–Crippen LogP) is 2.09. The average Bonchev–Trinajstić information content (AvgIpc) is 2.51. The first kappa shape index (κ1) is 9.46. The third-order valence-corrected chi connectivity index (χ3v) is 2.09. The summed E-state index contributed by atoms with van der Waals surface area (Å²) in [7, 11) is 0. The highest BCUT2D eigenvalue weighted by Gasteiger charge is 2.22. The lowest BCUT2D eigenvalue weighted by molar-refractivity contribution is -0.127. The molecule has 0 saturated carbocycles. The van der Waals surface area contributed by atoms with Crippen LogP contribution < -0.4 is 0 Å². The lowest BCUT2D eigenvalue weighted by atomic mass is 10.1. The predicted molar refractivity (Wildman–Crippen MR) is 48.0 cm³/mol. The molecule has 0 N–H and O–H groups in total. The number of Topliss-reactive ketones (excluding diaryl/α,β-unsaturated/α-hetero) is 1. The van der Waals surface area contributed by atoms with E-state index in [4.69, 9.17) is 4.74 Å². The van der Waals surface area contributed by atoms with Gasteiger partial charge in [-0.2, -0.15) is 0 Å². The van der Waals surface area contributed by atoms with Crippen LogP contribution in [0.5, 0.6) is 0 Å². The molecule has 1 aliphatic rings. The van der Waals surface area contributed by atoms with Crippen molar-refractivity contribution in [2.45, 2.75) is 38.7 Å². The summed E-state index contributed by atoms with van der Waals surface area (Å²) in [6.07, 6.45) is 3.24. The Kier molecular flexibility index (Phi) is 3.48. The van der Waals surface area contributed by atoms with Gasteiger partial charge in [0.1, 0.15) is 6.10 Å². The van der Waals surface area contributed by atoms with Crippen molar-refractivity contribution in [3.63, 3.8) is 0 Å². The maximum atomic E-state index is 11.4. The quantitative estimate of drug-likeness (QED) is 0.601. The first-order valence-electron chi connectivity index (χ1n) is 4.49. The van der Waals surface area contributed by atoms with Crippen LogP contribution in [-0.2, 0) is 9.53 Å². The molecule has 0 bridgehead atoms. The van der Waals surface area contributed by atoms with Gasteiger partial charge in [-0.05, 0) is 26.2 Å². The summed E-state index contributed by atoms with van der Waals surface area (Å²) < 4.78 is 5.27. The van der Waals surface area contributed by atoms with Crippen LogP contribution in [0.4, 0.5) is 0 Å². The summed E-state index contributed by atoms with van der Waals surface area (Å²) in [5.41, 5.74) is 1.07. The molecule has 12 heavy (non-hydrogen) atoms. The van der Waals surface area contributed by atoms with Crippen LogP contribution in [0.3, 0.4) is 0 Å². The molecule has 1 rings (SSSR count). The fraction of sp³-hybridized carbons (Fsp3) is 0.700. The zero-order valence-corrected chi connectivity index (χ0v) is 7.64. The molecule has 0 aromatic carbocycles. The molecule has 1 saturated heterocycles. The van der Waals surface area contributed by atoms with Crippen molar-refractivity contribution in [1.82, 2.24) is 0 Å². The number of carbonyl (C=O) groups is 1. The largest absolute Gasteiger partial charge is 0.370 e. The van der Waals surface area contributed by atoms with Crippen molar-refractivity contribution in [1.29, 1.82) is 0 Å². The molecule has 1 atom stereocenters. The van der Waals surface area contributed by atoms with E-state index in [1.165, 1.54) is 0 Å². The molecule has 1 aliphatic heterocycles. The van der Waals surface area contributed by atoms with Crippen molar-refractivity contribution in [3.05, 3.63) is 12.2 Å². The average molecular weight is 168 g/mol. The third-order valence-electron chi connectivity index (χ3n) is 2.09. The molecule has 2 heteroatoms. The van der Waals surface area contributed by atoms with Crippen molar-refractivity contribution in [3.8, 4) is 0 Å². The second-order valence-electron chi connectivity index (χ2n) is 3.43. The molecule has 1 unspecified atom stereocenters. The van der Waals surface area contributed by atoms with Gasteiger partial charge < -0.3 is 4.74 Å². The molecule has 0 radical (unpaired) electrons. The number of hydrogen-bond acceptors (Lipinski definition) is 2. The van der Waals surface area contributed by atoms with E-state index >= 15 is 0 Å². The maximum Gasteiger partial charge on any atom is 0.161 e. The number of allylic oxidation sites excluding steroid dienone is 1. The lowest BCUT2D eigenvalue weighted by Crippen LogP contribution is -2.18. The minimum absolute atomic E-state index is 0.107. The van der Waals surface area contributed by atoms with E-state index in [9.17, 15) is 4.79 Å². The third kappa shape index (κ3) is 2.78. The smallest absolute Gasteiger partial charge is 0.161 e. The molecular formula is C10H16O2. The zero-order valence-electron chi connectivity index (χ0n) is 7.64. The van der Waals surface area contributed by atoms with Crippen molar-refractivity contribution >= 4 is 5.78 Å².